The average Bonchev–Trinajstić information content (AvgIpc) is 3.12. The lowest BCUT2D eigenvalue weighted by Crippen LogP contribution is -2.28. The largest absolute Gasteiger partial charge is 0.308 e. The summed E-state index contributed by atoms with van der Waals surface area (Å²) in [5, 5.41) is 7.80. The Morgan fingerprint density at radius 2 is 2.05 bits per heavy atom. The molecule has 0 saturated heterocycles. The van der Waals surface area contributed by atoms with Crippen molar-refractivity contribution in [2.45, 2.75) is 6.42 Å². The van der Waals surface area contributed by atoms with Gasteiger partial charge in [-0.2, -0.15) is 5.10 Å². The zero-order valence-corrected chi connectivity index (χ0v) is 10.8. The van der Waals surface area contributed by atoms with E-state index in [4.69, 9.17) is 0 Å². The van der Waals surface area contributed by atoms with Crippen molar-refractivity contribution in [3.05, 3.63) is 59.8 Å². The molecule has 4 rings (SSSR count). The number of hydrogen-bond acceptors (Lipinski definition) is 2. The van der Waals surface area contributed by atoms with Crippen molar-refractivity contribution in [1.29, 1.82) is 0 Å². The van der Waals surface area contributed by atoms with Crippen molar-refractivity contribution < 1.29 is 4.79 Å². The molecule has 1 amide bonds. The van der Waals surface area contributed by atoms with E-state index >= 15 is 0 Å². The van der Waals surface area contributed by atoms with Gasteiger partial charge in [0.15, 0.2) is 0 Å². The predicted octanol–water partition coefficient (Wildman–Crippen LogP) is 2.77. The second-order valence-corrected chi connectivity index (χ2v) is 4.97. The molecule has 4 nitrogen and oxygen atoms in total. The predicted molar refractivity (Wildman–Crippen MR) is 77.9 cm³/mol. The number of H-pyrrole nitrogens is 1. The number of para-hydroxylation sites is 1. The summed E-state index contributed by atoms with van der Waals surface area (Å²) < 4.78 is 0. The summed E-state index contributed by atoms with van der Waals surface area (Å²) in [6.07, 6.45) is 2.63. The number of anilines is 1. The Hall–Kier alpha value is -2.62. The van der Waals surface area contributed by atoms with E-state index < -0.39 is 0 Å². The number of aromatic nitrogens is 2. The van der Waals surface area contributed by atoms with Crippen LogP contribution in [0.25, 0.3) is 10.9 Å². The third kappa shape index (κ3) is 1.54. The van der Waals surface area contributed by atoms with Gasteiger partial charge in [-0.25, -0.2) is 0 Å². The Kier molecular flexibility index (Phi) is 2.36. The number of nitrogens with one attached hydrogen (secondary N) is 1. The number of benzene rings is 2. The topological polar surface area (TPSA) is 49.0 Å². The van der Waals surface area contributed by atoms with Gasteiger partial charge in [0.2, 0.25) is 0 Å². The number of rotatable bonds is 1. The highest BCUT2D eigenvalue weighted by atomic mass is 16.2. The quantitative estimate of drug-likeness (QED) is 0.734. The van der Waals surface area contributed by atoms with Gasteiger partial charge in [-0.15, -0.1) is 0 Å². The molecule has 2 aromatic carbocycles. The molecular formula is C16H13N3O. The Morgan fingerprint density at radius 1 is 1.15 bits per heavy atom. The van der Waals surface area contributed by atoms with Gasteiger partial charge in [-0.3, -0.25) is 9.89 Å². The average molecular weight is 263 g/mol. The smallest absolute Gasteiger partial charge is 0.259 e. The molecule has 0 bridgehead atoms. The second kappa shape index (κ2) is 4.20. The van der Waals surface area contributed by atoms with Gasteiger partial charge in [-0.05, 0) is 30.2 Å². The number of hydrogen-bond donors (Lipinski definition) is 1. The number of nitrogens with zero attached hydrogens (tertiary/aromatic N) is 2. The summed E-state index contributed by atoms with van der Waals surface area (Å²) in [7, 11) is 0. The minimum atomic E-state index is 0.0435. The van der Waals surface area contributed by atoms with Gasteiger partial charge in [0, 0.05) is 17.6 Å². The summed E-state index contributed by atoms with van der Waals surface area (Å²) >= 11 is 0. The number of amides is 1. The normalized spacial score (nSPS) is 13.7. The van der Waals surface area contributed by atoms with Crippen LogP contribution in [0.1, 0.15) is 15.9 Å². The van der Waals surface area contributed by atoms with Gasteiger partial charge in [0.25, 0.3) is 5.91 Å². The zero-order chi connectivity index (χ0) is 13.5. The van der Waals surface area contributed by atoms with Crippen LogP contribution >= 0.6 is 0 Å². The zero-order valence-electron chi connectivity index (χ0n) is 10.8. The summed E-state index contributed by atoms with van der Waals surface area (Å²) in [4.78, 5) is 14.7. The number of carbonyl (C=O) groups excluding carboxylic acids is 1. The van der Waals surface area contributed by atoms with Crippen molar-refractivity contribution in [2.24, 2.45) is 0 Å². The Labute approximate surface area is 116 Å². The lowest BCUT2D eigenvalue weighted by Gasteiger charge is -2.17. The van der Waals surface area contributed by atoms with E-state index in [1.165, 1.54) is 5.56 Å². The second-order valence-electron chi connectivity index (χ2n) is 4.97. The van der Waals surface area contributed by atoms with E-state index in [0.29, 0.717) is 5.56 Å². The maximum absolute atomic E-state index is 12.8. The molecule has 0 fully saturated rings. The molecule has 0 spiro atoms. The lowest BCUT2D eigenvalue weighted by molar-refractivity contribution is 0.0991. The van der Waals surface area contributed by atoms with E-state index in [2.05, 4.69) is 16.3 Å². The van der Waals surface area contributed by atoms with Crippen LogP contribution in [0.15, 0.2) is 48.7 Å². The first kappa shape index (κ1) is 11.2. The molecule has 0 radical (unpaired) electrons. The van der Waals surface area contributed by atoms with Crippen LogP contribution < -0.4 is 4.90 Å². The van der Waals surface area contributed by atoms with E-state index in [-0.39, 0.29) is 5.91 Å². The minimum Gasteiger partial charge on any atom is -0.308 e. The van der Waals surface area contributed by atoms with Crippen LogP contribution in [-0.4, -0.2) is 22.6 Å². The monoisotopic (exact) mass is 263 g/mol. The van der Waals surface area contributed by atoms with E-state index in [1.807, 2.05) is 41.3 Å². The molecule has 2 heterocycles. The molecule has 1 aliphatic rings. The first-order chi connectivity index (χ1) is 9.84. The minimum absolute atomic E-state index is 0.0435. The van der Waals surface area contributed by atoms with Gasteiger partial charge in [0.1, 0.15) is 0 Å². The lowest BCUT2D eigenvalue weighted by atomic mass is 10.1. The van der Waals surface area contributed by atoms with Crippen molar-refractivity contribution in [2.75, 3.05) is 11.4 Å². The molecule has 0 unspecified atom stereocenters. The summed E-state index contributed by atoms with van der Waals surface area (Å²) in [5.74, 6) is 0.0435. The van der Waals surface area contributed by atoms with Gasteiger partial charge in [0.05, 0.1) is 17.3 Å². The first-order valence-corrected chi connectivity index (χ1v) is 6.66. The highest BCUT2D eigenvalue weighted by Gasteiger charge is 2.26. The molecule has 20 heavy (non-hydrogen) atoms. The van der Waals surface area contributed by atoms with Crippen LogP contribution in [0.2, 0.25) is 0 Å². The molecule has 1 N–H and O–H groups in total. The highest BCUT2D eigenvalue weighted by molar-refractivity contribution is 6.14. The third-order valence-corrected chi connectivity index (χ3v) is 3.85. The van der Waals surface area contributed by atoms with Crippen molar-refractivity contribution in [1.82, 2.24) is 10.2 Å². The third-order valence-electron chi connectivity index (χ3n) is 3.85. The van der Waals surface area contributed by atoms with Crippen LogP contribution in [0.3, 0.4) is 0 Å². The Balaban J connectivity index is 1.81. The molecule has 1 aliphatic heterocycles. The molecule has 0 atom stereocenters. The number of aromatic amines is 1. The molecular weight excluding hydrogens is 250 g/mol. The summed E-state index contributed by atoms with van der Waals surface area (Å²) in [5.41, 5.74) is 3.86. The molecule has 0 saturated carbocycles. The fourth-order valence-corrected chi connectivity index (χ4v) is 2.85. The standard InChI is InChI=1S/C16H13N3O/c20-16(12-5-3-6-14-13(12)10-17-18-14)19-9-8-11-4-1-2-7-15(11)19/h1-7,10H,8-9H2,(H,17,18). The molecule has 98 valence electrons. The molecule has 4 heteroatoms. The van der Waals surface area contributed by atoms with Crippen LogP contribution in [0.5, 0.6) is 0 Å². The van der Waals surface area contributed by atoms with Crippen molar-refractivity contribution in [3.63, 3.8) is 0 Å². The fraction of sp³-hybridized carbons (Fsp3) is 0.125. The maximum atomic E-state index is 12.8. The summed E-state index contributed by atoms with van der Waals surface area (Å²) in [6, 6.07) is 13.8. The van der Waals surface area contributed by atoms with Crippen LogP contribution in [0.4, 0.5) is 5.69 Å². The van der Waals surface area contributed by atoms with Gasteiger partial charge < -0.3 is 4.90 Å². The SMILES string of the molecule is O=C(c1cccc2[nH]ncc12)N1CCc2ccccc21. The highest BCUT2D eigenvalue weighted by Crippen LogP contribution is 2.30. The Morgan fingerprint density at radius 3 is 3.00 bits per heavy atom. The van der Waals surface area contributed by atoms with Crippen molar-refractivity contribution >= 4 is 22.5 Å². The molecule has 0 aliphatic carbocycles. The van der Waals surface area contributed by atoms with Crippen LogP contribution in [-0.2, 0) is 6.42 Å². The van der Waals surface area contributed by atoms with Crippen LogP contribution in [0, 0.1) is 0 Å². The van der Waals surface area contributed by atoms with Crippen molar-refractivity contribution in [3.8, 4) is 0 Å². The number of fused-ring (bicyclic) bond motifs is 2. The fourth-order valence-electron chi connectivity index (χ4n) is 2.85. The summed E-state index contributed by atoms with van der Waals surface area (Å²) in [6.45, 7) is 0.742. The molecule has 1 aromatic heterocycles. The number of carbonyl (C=O) groups is 1. The molecule has 3 aromatic rings. The van der Waals surface area contributed by atoms with E-state index in [9.17, 15) is 4.79 Å². The Bertz CT molecular complexity index is 806. The maximum Gasteiger partial charge on any atom is 0.259 e. The first-order valence-electron chi connectivity index (χ1n) is 6.66. The van der Waals surface area contributed by atoms with E-state index in [0.717, 1.165) is 29.6 Å². The van der Waals surface area contributed by atoms with E-state index in [1.54, 1.807) is 6.20 Å². The van der Waals surface area contributed by atoms with Gasteiger partial charge >= 0.3 is 0 Å². The van der Waals surface area contributed by atoms with Gasteiger partial charge in [-0.1, -0.05) is 24.3 Å².